The number of nitrogens with zero attached hydrogens (tertiary/aromatic N) is 1. The molecule has 0 fully saturated rings. The summed E-state index contributed by atoms with van der Waals surface area (Å²) < 4.78 is 0.603. The van der Waals surface area contributed by atoms with Crippen molar-refractivity contribution >= 4 is 52.0 Å². The van der Waals surface area contributed by atoms with Crippen molar-refractivity contribution in [1.29, 1.82) is 0 Å². The molecule has 0 N–H and O–H groups in total. The van der Waals surface area contributed by atoms with Crippen molar-refractivity contribution in [2.75, 3.05) is 7.05 Å². The predicted molar refractivity (Wildman–Crippen MR) is 81.6 cm³/mol. The highest BCUT2D eigenvalue weighted by molar-refractivity contribution is 7.17. The van der Waals surface area contributed by atoms with E-state index >= 15 is 0 Å². The van der Waals surface area contributed by atoms with Gasteiger partial charge in [0.1, 0.15) is 0 Å². The van der Waals surface area contributed by atoms with Crippen LogP contribution >= 0.6 is 46.1 Å². The number of hydrogen-bond acceptors (Lipinski definition) is 2. The quantitative estimate of drug-likeness (QED) is 0.775. The van der Waals surface area contributed by atoms with Gasteiger partial charge < -0.3 is 4.90 Å². The molecular formula is C13H10Cl3NOS. The molecule has 1 aromatic carbocycles. The zero-order chi connectivity index (χ0) is 14.0. The highest BCUT2D eigenvalue weighted by Gasteiger charge is 2.14. The van der Waals surface area contributed by atoms with Crippen LogP contribution in [0.5, 0.6) is 0 Å². The molecule has 2 aromatic rings. The maximum Gasteiger partial charge on any atom is 0.264 e. The van der Waals surface area contributed by atoms with Crippen LogP contribution in [0, 0.1) is 0 Å². The van der Waals surface area contributed by atoms with E-state index in [2.05, 4.69) is 0 Å². The van der Waals surface area contributed by atoms with Crippen LogP contribution in [0.2, 0.25) is 14.4 Å². The third-order valence-corrected chi connectivity index (χ3v) is 4.49. The Kier molecular flexibility index (Phi) is 4.74. The lowest BCUT2D eigenvalue weighted by molar-refractivity contribution is 0.0790. The number of carbonyl (C=O) groups excluding carboxylic acids is 1. The number of rotatable bonds is 3. The molecule has 0 aliphatic rings. The maximum absolute atomic E-state index is 12.1. The first kappa shape index (κ1) is 14.7. The summed E-state index contributed by atoms with van der Waals surface area (Å²) in [5.74, 6) is -0.0667. The van der Waals surface area contributed by atoms with E-state index in [1.807, 2.05) is 6.07 Å². The van der Waals surface area contributed by atoms with E-state index in [1.54, 1.807) is 36.2 Å². The molecule has 6 heteroatoms. The minimum absolute atomic E-state index is 0.0667. The number of thiophene rings is 1. The van der Waals surface area contributed by atoms with E-state index in [9.17, 15) is 4.79 Å². The first-order valence-electron chi connectivity index (χ1n) is 5.42. The van der Waals surface area contributed by atoms with Gasteiger partial charge in [-0.25, -0.2) is 0 Å². The zero-order valence-electron chi connectivity index (χ0n) is 9.99. The summed E-state index contributed by atoms with van der Waals surface area (Å²) in [5.41, 5.74) is 0.924. The Morgan fingerprint density at radius 3 is 2.47 bits per heavy atom. The van der Waals surface area contributed by atoms with Crippen molar-refractivity contribution in [3.8, 4) is 0 Å². The Hall–Kier alpha value is -0.740. The third kappa shape index (κ3) is 3.63. The zero-order valence-corrected chi connectivity index (χ0v) is 13.1. The van der Waals surface area contributed by atoms with Crippen molar-refractivity contribution in [2.24, 2.45) is 0 Å². The van der Waals surface area contributed by atoms with Gasteiger partial charge in [-0.05, 0) is 29.8 Å². The molecule has 2 rings (SSSR count). The number of benzene rings is 1. The topological polar surface area (TPSA) is 20.3 Å². The first-order valence-corrected chi connectivity index (χ1v) is 7.37. The monoisotopic (exact) mass is 333 g/mol. The van der Waals surface area contributed by atoms with Gasteiger partial charge in [-0.2, -0.15) is 0 Å². The van der Waals surface area contributed by atoms with Crippen LogP contribution in [0.1, 0.15) is 15.2 Å². The van der Waals surface area contributed by atoms with Crippen LogP contribution in [0.15, 0.2) is 30.3 Å². The lowest BCUT2D eigenvalue weighted by Crippen LogP contribution is -2.25. The molecule has 0 radical (unpaired) electrons. The fourth-order valence-electron chi connectivity index (χ4n) is 1.60. The van der Waals surface area contributed by atoms with Gasteiger partial charge in [-0.1, -0.05) is 40.9 Å². The van der Waals surface area contributed by atoms with Crippen LogP contribution in [0.3, 0.4) is 0 Å². The largest absolute Gasteiger partial charge is 0.337 e. The van der Waals surface area contributed by atoms with Gasteiger partial charge in [0.15, 0.2) is 0 Å². The smallest absolute Gasteiger partial charge is 0.264 e. The summed E-state index contributed by atoms with van der Waals surface area (Å²) in [6, 6.07) is 8.77. The summed E-state index contributed by atoms with van der Waals surface area (Å²) in [6.07, 6.45) is 0. The fourth-order valence-corrected chi connectivity index (χ4v) is 2.96. The van der Waals surface area contributed by atoms with Crippen molar-refractivity contribution < 1.29 is 4.79 Å². The summed E-state index contributed by atoms with van der Waals surface area (Å²) in [4.78, 5) is 14.4. The Balaban J connectivity index is 2.10. The lowest BCUT2D eigenvalue weighted by Gasteiger charge is -2.16. The predicted octanol–water partition coefficient (Wildman–Crippen LogP) is 4.98. The Morgan fingerprint density at radius 1 is 1.16 bits per heavy atom. The fraction of sp³-hybridized carbons (Fsp3) is 0.154. The minimum atomic E-state index is -0.0667. The molecular weight excluding hydrogens is 325 g/mol. The summed E-state index contributed by atoms with van der Waals surface area (Å²) in [5, 5.41) is 0.989. The number of amides is 1. The van der Waals surface area contributed by atoms with E-state index in [0.29, 0.717) is 25.8 Å². The third-order valence-electron chi connectivity index (χ3n) is 2.53. The van der Waals surface area contributed by atoms with Gasteiger partial charge in [-0.15, -0.1) is 11.3 Å². The molecule has 0 aliphatic carbocycles. The van der Waals surface area contributed by atoms with Crippen molar-refractivity contribution in [1.82, 2.24) is 4.90 Å². The minimum Gasteiger partial charge on any atom is -0.337 e. The van der Waals surface area contributed by atoms with Gasteiger partial charge in [0, 0.05) is 13.6 Å². The van der Waals surface area contributed by atoms with Gasteiger partial charge >= 0.3 is 0 Å². The summed E-state index contributed by atoms with van der Waals surface area (Å²) >= 11 is 18.9. The molecule has 0 saturated carbocycles. The van der Waals surface area contributed by atoms with E-state index < -0.39 is 0 Å². The summed E-state index contributed by atoms with van der Waals surface area (Å²) in [6.45, 7) is 0.464. The second kappa shape index (κ2) is 6.14. The van der Waals surface area contributed by atoms with E-state index in [1.165, 1.54) is 11.3 Å². The van der Waals surface area contributed by atoms with Crippen LogP contribution in [0.25, 0.3) is 0 Å². The highest BCUT2D eigenvalue weighted by atomic mass is 35.5. The molecule has 1 aromatic heterocycles. The van der Waals surface area contributed by atoms with Gasteiger partial charge in [0.05, 0.1) is 19.3 Å². The Bertz CT molecular complexity index is 612. The van der Waals surface area contributed by atoms with Crippen LogP contribution in [-0.4, -0.2) is 17.9 Å². The van der Waals surface area contributed by atoms with E-state index in [0.717, 1.165) is 5.56 Å². The second-order valence-corrected chi connectivity index (χ2v) is 6.54. The van der Waals surface area contributed by atoms with Crippen molar-refractivity contribution in [3.05, 3.63) is 55.2 Å². The SMILES string of the molecule is CN(Cc1ccc(Cl)c(Cl)c1)C(=O)c1ccc(Cl)s1. The Morgan fingerprint density at radius 2 is 1.89 bits per heavy atom. The first-order chi connectivity index (χ1) is 8.97. The standard InChI is InChI=1S/C13H10Cl3NOS/c1-17(13(18)11-4-5-12(16)19-11)7-8-2-3-9(14)10(15)6-8/h2-6H,7H2,1H3. The second-order valence-electron chi connectivity index (χ2n) is 4.01. The Labute approximate surface area is 130 Å². The molecule has 0 aliphatic heterocycles. The molecule has 1 heterocycles. The molecule has 19 heavy (non-hydrogen) atoms. The maximum atomic E-state index is 12.1. The van der Waals surface area contributed by atoms with E-state index in [-0.39, 0.29) is 5.91 Å². The van der Waals surface area contributed by atoms with Gasteiger partial charge in [0.2, 0.25) is 0 Å². The number of hydrogen-bond donors (Lipinski definition) is 0. The van der Waals surface area contributed by atoms with Crippen LogP contribution in [-0.2, 0) is 6.54 Å². The molecule has 0 unspecified atom stereocenters. The molecule has 2 nitrogen and oxygen atoms in total. The summed E-state index contributed by atoms with van der Waals surface area (Å²) in [7, 11) is 1.73. The number of halogens is 3. The van der Waals surface area contributed by atoms with Crippen molar-refractivity contribution in [2.45, 2.75) is 6.54 Å². The van der Waals surface area contributed by atoms with Crippen LogP contribution < -0.4 is 0 Å². The van der Waals surface area contributed by atoms with Crippen LogP contribution in [0.4, 0.5) is 0 Å². The average molecular weight is 335 g/mol. The number of carbonyl (C=O) groups is 1. The molecule has 100 valence electrons. The molecule has 0 atom stereocenters. The average Bonchev–Trinajstić information content (AvgIpc) is 2.79. The highest BCUT2D eigenvalue weighted by Crippen LogP contribution is 2.25. The lowest BCUT2D eigenvalue weighted by atomic mass is 10.2. The molecule has 0 bridgehead atoms. The van der Waals surface area contributed by atoms with Gasteiger partial charge in [-0.3, -0.25) is 4.79 Å². The molecule has 0 saturated heterocycles. The normalized spacial score (nSPS) is 10.5. The molecule has 1 amide bonds. The van der Waals surface area contributed by atoms with Crippen molar-refractivity contribution in [3.63, 3.8) is 0 Å². The van der Waals surface area contributed by atoms with Gasteiger partial charge in [0.25, 0.3) is 5.91 Å². The molecule has 0 spiro atoms. The van der Waals surface area contributed by atoms with E-state index in [4.69, 9.17) is 34.8 Å².